The van der Waals surface area contributed by atoms with Crippen molar-refractivity contribution in [3.8, 4) is 0 Å². The number of hydrogen-bond donors (Lipinski definition) is 1. The highest BCUT2D eigenvalue weighted by atomic mass is 16.9. The van der Waals surface area contributed by atoms with Gasteiger partial charge in [0.05, 0.1) is 6.61 Å². The Bertz CT molecular complexity index is 327. The summed E-state index contributed by atoms with van der Waals surface area (Å²) >= 11 is 0. The fourth-order valence-electron chi connectivity index (χ4n) is 1.70. The molecule has 1 fully saturated rings. The summed E-state index contributed by atoms with van der Waals surface area (Å²) in [6.07, 6.45) is 0.500. The second-order valence-electron chi connectivity index (χ2n) is 3.87. The van der Waals surface area contributed by atoms with Crippen molar-refractivity contribution in [3.05, 3.63) is 10.1 Å². The van der Waals surface area contributed by atoms with Gasteiger partial charge in [0.1, 0.15) is 0 Å². The molecule has 18 heavy (non-hydrogen) atoms. The van der Waals surface area contributed by atoms with E-state index in [1.54, 1.807) is 4.90 Å². The van der Waals surface area contributed by atoms with E-state index in [1.165, 1.54) is 4.90 Å². The summed E-state index contributed by atoms with van der Waals surface area (Å²) in [5.41, 5.74) is 5.12. The van der Waals surface area contributed by atoms with Gasteiger partial charge in [0.25, 0.3) is 5.09 Å². The van der Waals surface area contributed by atoms with E-state index in [9.17, 15) is 19.7 Å². The first-order chi connectivity index (χ1) is 8.50. The highest BCUT2D eigenvalue weighted by Gasteiger charge is 2.22. The minimum atomic E-state index is -0.879. The molecule has 0 unspecified atom stereocenters. The zero-order valence-electron chi connectivity index (χ0n) is 9.91. The van der Waals surface area contributed by atoms with E-state index in [0.29, 0.717) is 32.6 Å². The summed E-state index contributed by atoms with van der Waals surface area (Å²) in [5, 5.41) is 9.01. The first-order valence-electron chi connectivity index (χ1n) is 5.60. The van der Waals surface area contributed by atoms with Crippen molar-refractivity contribution in [2.75, 3.05) is 32.8 Å². The van der Waals surface area contributed by atoms with Crippen molar-refractivity contribution in [1.82, 2.24) is 9.80 Å². The minimum Gasteiger partial charge on any atom is -0.351 e. The monoisotopic (exact) mass is 260 g/mol. The summed E-state index contributed by atoms with van der Waals surface area (Å²) in [6.45, 7) is 1.65. The van der Waals surface area contributed by atoms with Crippen LogP contribution in [0.3, 0.4) is 0 Å². The van der Waals surface area contributed by atoms with Gasteiger partial charge in [-0.1, -0.05) is 0 Å². The average Bonchev–Trinajstić information content (AvgIpc) is 2.34. The van der Waals surface area contributed by atoms with Crippen LogP contribution in [0.25, 0.3) is 0 Å². The van der Waals surface area contributed by atoms with Gasteiger partial charge in [0.2, 0.25) is 5.91 Å². The third-order valence-corrected chi connectivity index (χ3v) is 2.68. The lowest BCUT2D eigenvalue weighted by atomic mass is 10.2. The minimum absolute atomic E-state index is 0.0833. The summed E-state index contributed by atoms with van der Waals surface area (Å²) < 4.78 is 0. The molecule has 0 radical (unpaired) electrons. The number of amides is 3. The van der Waals surface area contributed by atoms with Crippen molar-refractivity contribution in [2.24, 2.45) is 5.73 Å². The van der Waals surface area contributed by atoms with Gasteiger partial charge in [-0.05, 0) is 6.42 Å². The second-order valence-corrected chi connectivity index (χ2v) is 3.87. The predicted molar refractivity (Wildman–Crippen MR) is 59.9 cm³/mol. The number of rotatable bonds is 5. The van der Waals surface area contributed by atoms with Gasteiger partial charge in [-0.15, -0.1) is 10.1 Å². The third kappa shape index (κ3) is 4.44. The molecule has 1 rings (SSSR count). The summed E-state index contributed by atoms with van der Waals surface area (Å²) in [6, 6.07) is -0.485. The van der Waals surface area contributed by atoms with Crippen LogP contribution in [-0.2, 0) is 9.63 Å². The fraction of sp³-hybridized carbons (Fsp3) is 0.778. The number of hydrogen-bond acceptors (Lipinski definition) is 5. The van der Waals surface area contributed by atoms with Crippen molar-refractivity contribution in [1.29, 1.82) is 0 Å². The van der Waals surface area contributed by atoms with Crippen molar-refractivity contribution in [2.45, 2.75) is 12.8 Å². The highest BCUT2D eigenvalue weighted by molar-refractivity contribution is 5.77. The molecule has 102 valence electrons. The van der Waals surface area contributed by atoms with Crippen LogP contribution < -0.4 is 5.73 Å². The molecule has 9 nitrogen and oxygen atoms in total. The third-order valence-electron chi connectivity index (χ3n) is 2.68. The lowest BCUT2D eigenvalue weighted by Gasteiger charge is -2.33. The van der Waals surface area contributed by atoms with E-state index in [1.807, 2.05) is 0 Å². The van der Waals surface area contributed by atoms with Gasteiger partial charge in [0, 0.05) is 32.6 Å². The molecule has 9 heteroatoms. The van der Waals surface area contributed by atoms with Crippen LogP contribution in [0.15, 0.2) is 0 Å². The van der Waals surface area contributed by atoms with Gasteiger partial charge < -0.3 is 20.4 Å². The molecule has 0 aromatic rings. The molecule has 0 atom stereocenters. The lowest BCUT2D eigenvalue weighted by molar-refractivity contribution is -0.757. The molecular formula is C9H16N4O5. The van der Waals surface area contributed by atoms with E-state index >= 15 is 0 Å². The molecule has 1 aliphatic heterocycles. The Balaban J connectivity index is 2.20. The molecule has 3 amide bonds. The number of primary amides is 1. The van der Waals surface area contributed by atoms with E-state index in [4.69, 9.17) is 5.73 Å². The fourth-order valence-corrected chi connectivity index (χ4v) is 1.70. The summed E-state index contributed by atoms with van der Waals surface area (Å²) in [7, 11) is 0. The summed E-state index contributed by atoms with van der Waals surface area (Å²) in [5.74, 6) is -0.0916. The first kappa shape index (κ1) is 14.0. The topological polar surface area (TPSA) is 119 Å². The Kier molecular flexibility index (Phi) is 5.15. The molecular weight excluding hydrogens is 244 g/mol. The molecule has 0 bridgehead atoms. The molecule has 2 N–H and O–H groups in total. The van der Waals surface area contributed by atoms with Crippen LogP contribution in [-0.4, -0.2) is 59.6 Å². The smallest absolute Gasteiger partial charge is 0.314 e. The van der Waals surface area contributed by atoms with E-state index < -0.39 is 11.1 Å². The Morgan fingerprint density at radius 3 is 2.28 bits per heavy atom. The van der Waals surface area contributed by atoms with Crippen molar-refractivity contribution >= 4 is 11.9 Å². The Hall–Kier alpha value is -2.06. The zero-order valence-corrected chi connectivity index (χ0v) is 9.91. The Morgan fingerprint density at radius 2 is 1.78 bits per heavy atom. The van der Waals surface area contributed by atoms with E-state index in [2.05, 4.69) is 4.84 Å². The van der Waals surface area contributed by atoms with Gasteiger partial charge >= 0.3 is 6.03 Å². The molecule has 0 saturated carbocycles. The van der Waals surface area contributed by atoms with Crippen LogP contribution in [0.5, 0.6) is 0 Å². The van der Waals surface area contributed by atoms with Crippen molar-refractivity contribution < 1.29 is 19.5 Å². The summed E-state index contributed by atoms with van der Waals surface area (Å²) in [4.78, 5) is 39.6. The Morgan fingerprint density at radius 1 is 1.22 bits per heavy atom. The van der Waals surface area contributed by atoms with E-state index in [-0.39, 0.29) is 18.9 Å². The molecule has 0 spiro atoms. The quantitative estimate of drug-likeness (QED) is 0.394. The maximum atomic E-state index is 11.7. The van der Waals surface area contributed by atoms with Gasteiger partial charge in [-0.3, -0.25) is 4.79 Å². The second kappa shape index (κ2) is 6.62. The highest BCUT2D eigenvalue weighted by Crippen LogP contribution is 2.05. The van der Waals surface area contributed by atoms with Crippen molar-refractivity contribution in [3.63, 3.8) is 0 Å². The molecule has 0 aliphatic carbocycles. The maximum absolute atomic E-state index is 11.7. The van der Waals surface area contributed by atoms with Gasteiger partial charge in [-0.2, -0.15) is 0 Å². The number of nitrogens with zero attached hydrogens (tertiary/aromatic N) is 3. The molecule has 0 aromatic heterocycles. The number of urea groups is 1. The Labute approximate surface area is 104 Å². The van der Waals surface area contributed by atoms with Crippen LogP contribution >= 0.6 is 0 Å². The normalized spacial score (nSPS) is 15.3. The lowest BCUT2D eigenvalue weighted by Crippen LogP contribution is -2.52. The number of piperazine rings is 1. The SMILES string of the molecule is NC(=O)N1CCN(C(=O)CCCO[N+](=O)[O-])CC1. The zero-order chi connectivity index (χ0) is 13.5. The molecule has 1 saturated heterocycles. The number of carbonyl (C=O) groups excluding carboxylic acids is 2. The standard InChI is InChI=1S/C9H16N4O5/c10-9(15)12-5-3-11(4-6-12)8(14)2-1-7-18-13(16)17/h1-7H2,(H2,10,15). The molecule has 1 heterocycles. The van der Waals surface area contributed by atoms with Crippen LogP contribution in [0.1, 0.15) is 12.8 Å². The van der Waals surface area contributed by atoms with Crippen LogP contribution in [0.4, 0.5) is 4.79 Å². The van der Waals surface area contributed by atoms with Crippen LogP contribution in [0.2, 0.25) is 0 Å². The maximum Gasteiger partial charge on any atom is 0.314 e. The first-order valence-corrected chi connectivity index (χ1v) is 5.60. The number of nitrogens with two attached hydrogens (primary N) is 1. The van der Waals surface area contributed by atoms with Crippen LogP contribution in [0, 0.1) is 10.1 Å². The predicted octanol–water partition coefficient (Wildman–Crippen LogP) is -0.802. The van der Waals surface area contributed by atoms with Gasteiger partial charge in [0.15, 0.2) is 0 Å². The van der Waals surface area contributed by atoms with Gasteiger partial charge in [-0.25, -0.2) is 4.79 Å². The molecule has 0 aromatic carbocycles. The largest absolute Gasteiger partial charge is 0.351 e. The molecule has 1 aliphatic rings. The average molecular weight is 260 g/mol. The number of carbonyl (C=O) groups is 2. The van der Waals surface area contributed by atoms with E-state index in [0.717, 1.165) is 0 Å².